The van der Waals surface area contributed by atoms with Crippen molar-refractivity contribution in [1.29, 1.82) is 0 Å². The van der Waals surface area contributed by atoms with Crippen molar-refractivity contribution in [2.24, 2.45) is 11.3 Å². The van der Waals surface area contributed by atoms with Gasteiger partial charge in [0.25, 0.3) is 0 Å². The number of amides is 1. The standard InChI is InChI=1S/C22H34FN3O/c1-22(2,3)17-8-4-6-10-19(17)24-21(27)16-25-12-14-26(15-13-25)20-11-7-5-9-18(20)23/h5,7,9,11,17,19H,4,6,8,10,12-16H2,1-3H3,(H,24,27)/t17-,19-/m1/s1. The highest BCUT2D eigenvalue weighted by Gasteiger charge is 2.35. The fourth-order valence-corrected chi connectivity index (χ4v) is 4.65. The van der Waals surface area contributed by atoms with Gasteiger partial charge < -0.3 is 10.2 Å². The number of hydrogen-bond donors (Lipinski definition) is 1. The van der Waals surface area contributed by atoms with Gasteiger partial charge in [-0.05, 0) is 36.3 Å². The summed E-state index contributed by atoms with van der Waals surface area (Å²) in [5.41, 5.74) is 0.890. The number of nitrogens with one attached hydrogen (secondary N) is 1. The van der Waals surface area contributed by atoms with E-state index in [0.29, 0.717) is 24.2 Å². The fraction of sp³-hybridized carbons (Fsp3) is 0.682. The van der Waals surface area contributed by atoms with Gasteiger partial charge in [0, 0.05) is 32.2 Å². The Bertz CT molecular complexity index is 635. The Hall–Kier alpha value is -1.62. The molecule has 1 saturated carbocycles. The van der Waals surface area contributed by atoms with Gasteiger partial charge in [0.1, 0.15) is 5.82 Å². The molecular weight excluding hydrogens is 341 g/mol. The van der Waals surface area contributed by atoms with E-state index in [2.05, 4.69) is 35.9 Å². The van der Waals surface area contributed by atoms with Crippen LogP contribution in [0, 0.1) is 17.2 Å². The Morgan fingerprint density at radius 2 is 1.78 bits per heavy atom. The molecule has 3 rings (SSSR count). The van der Waals surface area contributed by atoms with E-state index < -0.39 is 0 Å². The van der Waals surface area contributed by atoms with Crippen molar-refractivity contribution < 1.29 is 9.18 Å². The third kappa shape index (κ3) is 5.22. The number of para-hydroxylation sites is 1. The molecule has 150 valence electrons. The lowest BCUT2D eigenvalue weighted by Crippen LogP contribution is -2.53. The van der Waals surface area contributed by atoms with E-state index in [1.54, 1.807) is 6.07 Å². The molecule has 2 aliphatic rings. The van der Waals surface area contributed by atoms with Crippen molar-refractivity contribution >= 4 is 11.6 Å². The molecule has 1 aliphatic heterocycles. The molecule has 2 atom stereocenters. The molecule has 1 N–H and O–H groups in total. The molecule has 1 heterocycles. The SMILES string of the molecule is CC(C)(C)[C@@H]1CCCC[C@H]1NC(=O)CN1CCN(c2ccccc2F)CC1. The van der Waals surface area contributed by atoms with Crippen LogP contribution in [0.25, 0.3) is 0 Å². The molecule has 0 bridgehead atoms. The highest BCUT2D eigenvalue weighted by molar-refractivity contribution is 5.78. The molecule has 1 aromatic carbocycles. The summed E-state index contributed by atoms with van der Waals surface area (Å²) in [7, 11) is 0. The summed E-state index contributed by atoms with van der Waals surface area (Å²) in [6.45, 7) is 10.4. The fourth-order valence-electron chi connectivity index (χ4n) is 4.65. The third-order valence-corrected chi connectivity index (χ3v) is 6.16. The normalized spacial score (nSPS) is 24.7. The maximum atomic E-state index is 14.0. The van der Waals surface area contributed by atoms with Crippen molar-refractivity contribution in [3.8, 4) is 0 Å². The van der Waals surface area contributed by atoms with Crippen LogP contribution in [-0.2, 0) is 4.79 Å². The van der Waals surface area contributed by atoms with Crippen LogP contribution >= 0.6 is 0 Å². The van der Waals surface area contributed by atoms with Crippen molar-refractivity contribution in [2.45, 2.75) is 52.5 Å². The third-order valence-electron chi connectivity index (χ3n) is 6.16. The average Bonchev–Trinajstić information content (AvgIpc) is 2.62. The van der Waals surface area contributed by atoms with Crippen LogP contribution < -0.4 is 10.2 Å². The van der Waals surface area contributed by atoms with Crippen molar-refractivity contribution in [3.63, 3.8) is 0 Å². The number of carbonyl (C=O) groups is 1. The molecule has 2 fully saturated rings. The van der Waals surface area contributed by atoms with E-state index in [0.717, 1.165) is 32.6 Å². The lowest BCUT2D eigenvalue weighted by molar-refractivity contribution is -0.124. The number of rotatable bonds is 4. The molecular formula is C22H34FN3O. The number of halogens is 1. The van der Waals surface area contributed by atoms with Crippen LogP contribution in [0.4, 0.5) is 10.1 Å². The number of carbonyl (C=O) groups excluding carboxylic acids is 1. The van der Waals surface area contributed by atoms with E-state index in [9.17, 15) is 9.18 Å². The molecule has 4 nitrogen and oxygen atoms in total. The van der Waals surface area contributed by atoms with Gasteiger partial charge in [-0.15, -0.1) is 0 Å². The Balaban J connectivity index is 1.49. The van der Waals surface area contributed by atoms with E-state index >= 15 is 0 Å². The molecule has 5 heteroatoms. The van der Waals surface area contributed by atoms with Crippen LogP contribution in [0.5, 0.6) is 0 Å². The zero-order valence-corrected chi connectivity index (χ0v) is 17.0. The maximum Gasteiger partial charge on any atom is 0.234 e. The van der Waals surface area contributed by atoms with Gasteiger partial charge in [-0.2, -0.15) is 0 Å². The second-order valence-electron chi connectivity index (χ2n) is 9.15. The lowest BCUT2D eigenvalue weighted by atomic mass is 9.69. The number of hydrogen-bond acceptors (Lipinski definition) is 3. The second-order valence-corrected chi connectivity index (χ2v) is 9.15. The minimum absolute atomic E-state index is 0.135. The summed E-state index contributed by atoms with van der Waals surface area (Å²) in [6, 6.07) is 7.22. The summed E-state index contributed by atoms with van der Waals surface area (Å²) < 4.78 is 14.0. The van der Waals surface area contributed by atoms with Crippen molar-refractivity contribution in [1.82, 2.24) is 10.2 Å². The first-order valence-corrected chi connectivity index (χ1v) is 10.4. The minimum atomic E-state index is -0.172. The van der Waals surface area contributed by atoms with Gasteiger partial charge in [0.15, 0.2) is 0 Å². The predicted molar refractivity (Wildman–Crippen MR) is 108 cm³/mol. The first kappa shape index (κ1) is 20.1. The Kier molecular flexibility index (Phi) is 6.40. The van der Waals surface area contributed by atoms with E-state index in [1.165, 1.54) is 25.3 Å². The van der Waals surface area contributed by atoms with E-state index in [-0.39, 0.29) is 17.1 Å². The quantitative estimate of drug-likeness (QED) is 0.872. The first-order valence-electron chi connectivity index (χ1n) is 10.4. The van der Waals surface area contributed by atoms with Gasteiger partial charge in [-0.1, -0.05) is 45.7 Å². The molecule has 1 amide bonds. The molecule has 1 aromatic rings. The highest BCUT2D eigenvalue weighted by Crippen LogP contribution is 2.38. The van der Waals surface area contributed by atoms with Crippen LogP contribution in [0.15, 0.2) is 24.3 Å². The molecule has 0 spiro atoms. The van der Waals surface area contributed by atoms with Crippen molar-refractivity contribution in [2.75, 3.05) is 37.6 Å². The molecule has 27 heavy (non-hydrogen) atoms. The van der Waals surface area contributed by atoms with Gasteiger partial charge in [-0.3, -0.25) is 9.69 Å². The lowest BCUT2D eigenvalue weighted by Gasteiger charge is -2.41. The zero-order chi connectivity index (χ0) is 19.4. The smallest absolute Gasteiger partial charge is 0.234 e. The minimum Gasteiger partial charge on any atom is -0.367 e. The maximum absolute atomic E-state index is 14.0. The number of piperazine rings is 1. The molecule has 1 aliphatic carbocycles. The van der Waals surface area contributed by atoms with Crippen LogP contribution in [0.3, 0.4) is 0 Å². The first-order chi connectivity index (χ1) is 12.8. The largest absolute Gasteiger partial charge is 0.367 e. The number of benzene rings is 1. The van der Waals surface area contributed by atoms with Gasteiger partial charge in [0.2, 0.25) is 5.91 Å². The monoisotopic (exact) mass is 375 g/mol. The molecule has 1 saturated heterocycles. The second kappa shape index (κ2) is 8.59. The molecule has 0 unspecified atom stereocenters. The van der Waals surface area contributed by atoms with Crippen LogP contribution in [0.1, 0.15) is 46.5 Å². The van der Waals surface area contributed by atoms with Crippen molar-refractivity contribution in [3.05, 3.63) is 30.1 Å². The summed E-state index contributed by atoms with van der Waals surface area (Å²) in [4.78, 5) is 16.9. The topological polar surface area (TPSA) is 35.6 Å². The van der Waals surface area contributed by atoms with E-state index in [4.69, 9.17) is 0 Å². The Labute approximate surface area is 163 Å². The number of anilines is 1. The predicted octanol–water partition coefficient (Wildman–Crippen LogP) is 3.67. The van der Waals surface area contributed by atoms with E-state index in [1.807, 2.05) is 12.1 Å². The Morgan fingerprint density at radius 1 is 1.11 bits per heavy atom. The number of nitrogens with zero attached hydrogens (tertiary/aromatic N) is 2. The van der Waals surface area contributed by atoms with Gasteiger partial charge in [-0.25, -0.2) is 4.39 Å². The summed E-state index contributed by atoms with van der Waals surface area (Å²) >= 11 is 0. The average molecular weight is 376 g/mol. The summed E-state index contributed by atoms with van der Waals surface area (Å²) in [5.74, 6) is 0.512. The van der Waals surface area contributed by atoms with Crippen LogP contribution in [0.2, 0.25) is 0 Å². The van der Waals surface area contributed by atoms with Crippen LogP contribution in [-0.4, -0.2) is 49.6 Å². The highest BCUT2D eigenvalue weighted by atomic mass is 19.1. The molecule has 0 aromatic heterocycles. The molecule has 0 radical (unpaired) electrons. The Morgan fingerprint density at radius 3 is 2.44 bits per heavy atom. The summed E-state index contributed by atoms with van der Waals surface area (Å²) in [5, 5.41) is 3.32. The zero-order valence-electron chi connectivity index (χ0n) is 17.0. The van der Waals surface area contributed by atoms with Gasteiger partial charge >= 0.3 is 0 Å². The van der Waals surface area contributed by atoms with Gasteiger partial charge in [0.05, 0.1) is 12.2 Å². The summed E-state index contributed by atoms with van der Waals surface area (Å²) in [6.07, 6.45) is 4.77.